The van der Waals surface area contributed by atoms with Crippen LogP contribution in [0.2, 0.25) is 0 Å². The number of carbonyl (C=O) groups excluding carboxylic acids is 2. The van der Waals surface area contributed by atoms with Gasteiger partial charge in [0, 0.05) is 24.0 Å². The molecule has 0 radical (unpaired) electrons. The molecule has 8 aliphatic rings. The normalized spacial score (nSPS) is 48.6. The molecule has 3 amide bonds. The van der Waals surface area contributed by atoms with E-state index in [2.05, 4.69) is 16.0 Å². The number of amides is 3. The van der Waals surface area contributed by atoms with E-state index in [1.807, 2.05) is 0 Å². The Morgan fingerprint density at radius 2 is 1.00 bits per heavy atom. The highest BCUT2D eigenvalue weighted by molar-refractivity contribution is 5.79. The van der Waals surface area contributed by atoms with Gasteiger partial charge < -0.3 is 16.0 Å². The topological polar surface area (TPSA) is 70.2 Å². The van der Waals surface area contributed by atoms with Crippen LogP contribution >= 0.6 is 0 Å². The van der Waals surface area contributed by atoms with Crippen molar-refractivity contribution in [3.05, 3.63) is 0 Å². The Bertz CT molecular complexity index is 574. The summed E-state index contributed by atoms with van der Waals surface area (Å²) in [5.74, 6) is 5.12. The molecule has 8 bridgehead atoms. The molecule has 5 nitrogen and oxygen atoms in total. The Morgan fingerprint density at radius 1 is 0.621 bits per heavy atom. The van der Waals surface area contributed by atoms with Gasteiger partial charge in [-0.3, -0.25) is 4.79 Å². The van der Waals surface area contributed by atoms with E-state index in [9.17, 15) is 9.59 Å². The second-order valence-electron chi connectivity index (χ2n) is 12.1. The predicted molar refractivity (Wildman–Crippen MR) is 111 cm³/mol. The third-order valence-corrected chi connectivity index (χ3v) is 9.50. The zero-order valence-electron chi connectivity index (χ0n) is 17.7. The van der Waals surface area contributed by atoms with Gasteiger partial charge in [-0.1, -0.05) is 0 Å². The highest BCUT2D eigenvalue weighted by atomic mass is 16.2. The summed E-state index contributed by atoms with van der Waals surface area (Å²) in [6.07, 6.45) is 15.8. The lowest BCUT2D eigenvalue weighted by molar-refractivity contribution is -0.126. The van der Waals surface area contributed by atoms with E-state index in [0.29, 0.717) is 13.0 Å². The summed E-state index contributed by atoms with van der Waals surface area (Å²) < 4.78 is 0. The van der Waals surface area contributed by atoms with Crippen molar-refractivity contribution < 1.29 is 9.59 Å². The van der Waals surface area contributed by atoms with Crippen molar-refractivity contribution in [2.75, 3.05) is 6.54 Å². The second kappa shape index (κ2) is 6.62. The van der Waals surface area contributed by atoms with Gasteiger partial charge in [0.05, 0.1) is 0 Å². The maximum absolute atomic E-state index is 12.6. The molecular formula is C24H37N3O2. The standard InChI is InChI=1S/C24H37N3O2/c28-21(26-23-9-15-3-16(10-23)5-17(4-15)11-23)1-2-25-22(29)27-24-12-18-6-19(13-24)8-20(7-18)14-24/h15-20H,1-14H2,(H,26,28)(H2,25,27,29). The molecule has 3 N–H and O–H groups in total. The van der Waals surface area contributed by atoms with E-state index in [4.69, 9.17) is 0 Å². The molecule has 160 valence electrons. The van der Waals surface area contributed by atoms with Crippen molar-refractivity contribution in [1.82, 2.24) is 16.0 Å². The predicted octanol–water partition coefficient (Wildman–Crippen LogP) is 3.73. The average Bonchev–Trinajstić information content (AvgIpc) is 2.58. The van der Waals surface area contributed by atoms with Crippen LogP contribution in [0.5, 0.6) is 0 Å². The quantitative estimate of drug-likeness (QED) is 0.659. The molecule has 0 atom stereocenters. The van der Waals surface area contributed by atoms with Gasteiger partial charge in [-0.2, -0.15) is 0 Å². The van der Waals surface area contributed by atoms with Crippen molar-refractivity contribution in [2.24, 2.45) is 35.5 Å². The Hall–Kier alpha value is -1.26. The highest BCUT2D eigenvalue weighted by Gasteiger charge is 2.52. The first kappa shape index (κ1) is 18.5. The Morgan fingerprint density at radius 3 is 1.41 bits per heavy atom. The molecule has 8 rings (SSSR count). The van der Waals surface area contributed by atoms with E-state index in [1.54, 1.807) is 0 Å². The molecule has 8 aliphatic carbocycles. The Kier molecular flexibility index (Phi) is 4.22. The monoisotopic (exact) mass is 399 g/mol. The molecule has 0 aliphatic heterocycles. The van der Waals surface area contributed by atoms with Gasteiger partial charge >= 0.3 is 6.03 Å². The lowest BCUT2D eigenvalue weighted by Crippen LogP contribution is -2.61. The lowest BCUT2D eigenvalue weighted by Gasteiger charge is -2.57. The third-order valence-electron chi connectivity index (χ3n) is 9.50. The van der Waals surface area contributed by atoms with Crippen LogP contribution in [0.4, 0.5) is 4.79 Å². The fraction of sp³-hybridized carbons (Fsp3) is 0.917. The zero-order valence-corrected chi connectivity index (χ0v) is 17.7. The number of rotatable bonds is 5. The van der Waals surface area contributed by atoms with Crippen molar-refractivity contribution >= 4 is 11.9 Å². The van der Waals surface area contributed by atoms with Gasteiger partial charge in [0.25, 0.3) is 0 Å². The van der Waals surface area contributed by atoms with E-state index >= 15 is 0 Å². The number of nitrogens with one attached hydrogen (secondary N) is 3. The van der Waals surface area contributed by atoms with Crippen LogP contribution in [-0.4, -0.2) is 29.6 Å². The van der Waals surface area contributed by atoms with Crippen LogP contribution in [0.25, 0.3) is 0 Å². The number of carbonyl (C=O) groups is 2. The summed E-state index contributed by atoms with van der Waals surface area (Å²) in [6.45, 7) is 0.441. The number of hydrogen-bond acceptors (Lipinski definition) is 2. The van der Waals surface area contributed by atoms with E-state index in [0.717, 1.165) is 35.5 Å². The zero-order chi connectivity index (χ0) is 19.6. The van der Waals surface area contributed by atoms with Crippen LogP contribution in [0, 0.1) is 35.5 Å². The number of urea groups is 1. The van der Waals surface area contributed by atoms with E-state index in [-0.39, 0.29) is 23.0 Å². The SMILES string of the molecule is O=C(CCNC(=O)NC12CC3CC(CC(C3)C1)C2)NC12CC3CC(CC(C3)C1)C2. The summed E-state index contributed by atoms with van der Waals surface area (Å²) in [6, 6.07) is -0.0606. The summed E-state index contributed by atoms with van der Waals surface area (Å²) in [5, 5.41) is 9.74. The van der Waals surface area contributed by atoms with Crippen molar-refractivity contribution in [2.45, 2.75) is 94.5 Å². The minimum Gasteiger partial charge on any atom is -0.351 e. The molecule has 0 aromatic heterocycles. The van der Waals surface area contributed by atoms with Crippen molar-refractivity contribution in [3.8, 4) is 0 Å². The van der Waals surface area contributed by atoms with Crippen molar-refractivity contribution in [1.29, 1.82) is 0 Å². The molecule has 0 aromatic rings. The summed E-state index contributed by atoms with van der Waals surface area (Å²) in [5.41, 5.74) is 0.119. The lowest BCUT2D eigenvalue weighted by atomic mass is 9.53. The van der Waals surface area contributed by atoms with Gasteiger partial charge in [-0.15, -0.1) is 0 Å². The third kappa shape index (κ3) is 3.46. The van der Waals surface area contributed by atoms with Gasteiger partial charge in [0.1, 0.15) is 0 Å². The van der Waals surface area contributed by atoms with Crippen LogP contribution in [0.3, 0.4) is 0 Å². The van der Waals surface area contributed by atoms with Gasteiger partial charge in [-0.05, 0) is 113 Å². The van der Waals surface area contributed by atoms with Gasteiger partial charge in [0.2, 0.25) is 5.91 Å². The molecule has 0 spiro atoms. The van der Waals surface area contributed by atoms with Crippen LogP contribution < -0.4 is 16.0 Å². The molecule has 0 unspecified atom stereocenters. The van der Waals surface area contributed by atoms with E-state index in [1.165, 1.54) is 77.0 Å². The fourth-order valence-electron chi connectivity index (χ4n) is 9.46. The molecule has 8 fully saturated rings. The molecule has 0 heterocycles. The first-order chi connectivity index (χ1) is 14.0. The largest absolute Gasteiger partial charge is 0.351 e. The molecule has 0 aromatic carbocycles. The van der Waals surface area contributed by atoms with E-state index < -0.39 is 0 Å². The summed E-state index contributed by atoms with van der Waals surface area (Å²) in [7, 11) is 0. The minimum absolute atomic E-state index is 0.0420. The van der Waals surface area contributed by atoms with Crippen molar-refractivity contribution in [3.63, 3.8) is 0 Å². The number of hydrogen-bond donors (Lipinski definition) is 3. The van der Waals surface area contributed by atoms with Gasteiger partial charge in [0.15, 0.2) is 0 Å². The average molecular weight is 400 g/mol. The fourth-order valence-corrected chi connectivity index (χ4v) is 9.46. The molecule has 29 heavy (non-hydrogen) atoms. The first-order valence-electron chi connectivity index (χ1n) is 12.3. The molecule has 0 saturated heterocycles. The summed E-state index contributed by atoms with van der Waals surface area (Å²) in [4.78, 5) is 25.2. The smallest absolute Gasteiger partial charge is 0.315 e. The van der Waals surface area contributed by atoms with Crippen LogP contribution in [0.15, 0.2) is 0 Å². The maximum atomic E-state index is 12.6. The van der Waals surface area contributed by atoms with Crippen LogP contribution in [0.1, 0.15) is 83.5 Å². The minimum atomic E-state index is -0.0606. The highest BCUT2D eigenvalue weighted by Crippen LogP contribution is 2.56. The Labute approximate surface area is 174 Å². The van der Waals surface area contributed by atoms with Crippen LogP contribution in [-0.2, 0) is 4.79 Å². The first-order valence-corrected chi connectivity index (χ1v) is 12.3. The maximum Gasteiger partial charge on any atom is 0.315 e. The molecular weight excluding hydrogens is 362 g/mol. The van der Waals surface area contributed by atoms with Gasteiger partial charge in [-0.25, -0.2) is 4.79 Å². The molecule has 5 heteroatoms. The second-order valence-corrected chi connectivity index (χ2v) is 12.1. The summed E-state index contributed by atoms with van der Waals surface area (Å²) >= 11 is 0. The molecule has 8 saturated carbocycles. The Balaban J connectivity index is 0.975.